The number of carbonyl (C=O) groups is 1. The van der Waals surface area contributed by atoms with Crippen LogP contribution in [0.2, 0.25) is 18.1 Å². The van der Waals surface area contributed by atoms with Crippen molar-refractivity contribution in [1.29, 1.82) is 0 Å². The Labute approximate surface area is 137 Å². The van der Waals surface area contributed by atoms with E-state index >= 15 is 0 Å². The molecule has 4 nitrogen and oxygen atoms in total. The van der Waals surface area contributed by atoms with Gasteiger partial charge in [0.2, 0.25) is 0 Å². The number of ether oxygens (including phenoxy) is 1. The van der Waals surface area contributed by atoms with Gasteiger partial charge in [0.05, 0.1) is 12.6 Å². The quantitative estimate of drug-likeness (QED) is 0.535. The molecule has 0 aliphatic heterocycles. The Hall–Kier alpha value is -0.813. The van der Waals surface area contributed by atoms with Gasteiger partial charge in [-0.05, 0) is 51.7 Å². The zero-order valence-corrected chi connectivity index (χ0v) is 16.7. The summed E-state index contributed by atoms with van der Waals surface area (Å²) >= 11 is 0. The van der Waals surface area contributed by atoms with E-state index in [1.165, 1.54) is 0 Å². The van der Waals surface area contributed by atoms with E-state index < -0.39 is 13.9 Å². The summed E-state index contributed by atoms with van der Waals surface area (Å²) in [5.41, 5.74) is -0.493. The summed E-state index contributed by atoms with van der Waals surface area (Å²) in [5, 5.41) is 3.08. The summed E-state index contributed by atoms with van der Waals surface area (Å²) in [7, 11) is -1.82. The molecule has 1 amide bonds. The summed E-state index contributed by atoms with van der Waals surface area (Å²) in [6.45, 7) is 20.9. The molecule has 0 saturated heterocycles. The van der Waals surface area contributed by atoms with E-state index in [1.807, 2.05) is 26.8 Å². The van der Waals surface area contributed by atoms with Crippen molar-refractivity contribution in [2.75, 3.05) is 6.61 Å². The van der Waals surface area contributed by atoms with E-state index in [1.54, 1.807) is 0 Å². The minimum Gasteiger partial charge on any atom is -0.444 e. The molecule has 130 valence electrons. The standard InChI is InChI=1S/C17H35NO3Si/c1-10-11-12-14(18-15(19)21-16(2,3)4)13-20-22(8,9)17(5,6)7/h10,14H,1,11-13H2,2-9H3,(H,18,19)/t14-/m1/s1. The normalized spacial score (nSPS) is 14.4. The largest absolute Gasteiger partial charge is 0.444 e. The lowest BCUT2D eigenvalue weighted by molar-refractivity contribution is 0.0482. The molecule has 22 heavy (non-hydrogen) atoms. The number of hydrogen-bond donors (Lipinski definition) is 1. The monoisotopic (exact) mass is 329 g/mol. The van der Waals surface area contributed by atoms with E-state index in [-0.39, 0.29) is 17.2 Å². The predicted molar refractivity (Wildman–Crippen MR) is 95.7 cm³/mol. The number of carbonyl (C=O) groups excluding carboxylic acids is 1. The van der Waals surface area contributed by atoms with Crippen LogP contribution in [0.15, 0.2) is 12.7 Å². The van der Waals surface area contributed by atoms with Gasteiger partial charge in [-0.3, -0.25) is 0 Å². The third kappa shape index (κ3) is 8.59. The van der Waals surface area contributed by atoms with Crippen LogP contribution in [0.3, 0.4) is 0 Å². The lowest BCUT2D eigenvalue weighted by Crippen LogP contribution is -2.47. The highest BCUT2D eigenvalue weighted by atomic mass is 28.4. The lowest BCUT2D eigenvalue weighted by Gasteiger charge is -2.37. The van der Waals surface area contributed by atoms with Gasteiger partial charge in [-0.15, -0.1) is 6.58 Å². The summed E-state index contributed by atoms with van der Waals surface area (Å²) < 4.78 is 11.5. The van der Waals surface area contributed by atoms with Crippen molar-refractivity contribution >= 4 is 14.4 Å². The van der Waals surface area contributed by atoms with Gasteiger partial charge in [0.25, 0.3) is 0 Å². The van der Waals surface area contributed by atoms with Crippen LogP contribution in [0, 0.1) is 0 Å². The number of allylic oxidation sites excluding steroid dienone is 1. The molecular formula is C17H35NO3Si. The second kappa shape index (κ2) is 8.16. The minimum atomic E-state index is -1.82. The van der Waals surface area contributed by atoms with Gasteiger partial charge in [-0.25, -0.2) is 4.79 Å². The van der Waals surface area contributed by atoms with Gasteiger partial charge in [-0.1, -0.05) is 26.8 Å². The Morgan fingerprint density at radius 3 is 2.18 bits per heavy atom. The summed E-state index contributed by atoms with van der Waals surface area (Å²) in [5.74, 6) is 0. The van der Waals surface area contributed by atoms with Crippen molar-refractivity contribution < 1.29 is 14.0 Å². The van der Waals surface area contributed by atoms with Gasteiger partial charge in [0.1, 0.15) is 5.60 Å². The minimum absolute atomic E-state index is 0.0537. The molecule has 0 unspecified atom stereocenters. The molecule has 1 atom stereocenters. The smallest absolute Gasteiger partial charge is 0.407 e. The maximum atomic E-state index is 12.0. The Bertz CT molecular complexity index is 367. The maximum Gasteiger partial charge on any atom is 0.407 e. The Morgan fingerprint density at radius 2 is 1.77 bits per heavy atom. The first-order valence-electron chi connectivity index (χ1n) is 8.03. The number of alkyl carbamates (subject to hydrolysis) is 1. The maximum absolute atomic E-state index is 12.0. The van der Waals surface area contributed by atoms with Crippen molar-refractivity contribution in [3.05, 3.63) is 12.7 Å². The molecule has 0 saturated carbocycles. The van der Waals surface area contributed by atoms with E-state index in [0.29, 0.717) is 6.61 Å². The first-order chi connectivity index (χ1) is 9.78. The third-order valence-corrected chi connectivity index (χ3v) is 8.39. The second-order valence-corrected chi connectivity index (χ2v) is 13.1. The fourth-order valence-electron chi connectivity index (χ4n) is 1.52. The van der Waals surface area contributed by atoms with Crippen LogP contribution in [-0.2, 0) is 9.16 Å². The molecule has 0 heterocycles. The fraction of sp³-hybridized carbons (Fsp3) is 0.824. The number of hydrogen-bond acceptors (Lipinski definition) is 3. The highest BCUT2D eigenvalue weighted by Gasteiger charge is 2.37. The van der Waals surface area contributed by atoms with Gasteiger partial charge >= 0.3 is 6.09 Å². The topological polar surface area (TPSA) is 47.6 Å². The molecule has 0 aromatic heterocycles. The van der Waals surface area contributed by atoms with Crippen LogP contribution in [-0.4, -0.2) is 32.7 Å². The van der Waals surface area contributed by atoms with Gasteiger partial charge in [0, 0.05) is 0 Å². The molecule has 0 fully saturated rings. The van der Waals surface area contributed by atoms with Crippen LogP contribution >= 0.6 is 0 Å². The second-order valence-electron chi connectivity index (χ2n) is 8.28. The molecule has 0 radical (unpaired) electrons. The Morgan fingerprint density at radius 1 is 1.23 bits per heavy atom. The molecule has 0 aliphatic rings. The predicted octanol–water partition coefficient (Wildman–Crippen LogP) is 4.87. The fourth-order valence-corrected chi connectivity index (χ4v) is 2.57. The SMILES string of the molecule is C=CCC[C@H](CO[Si](C)(C)C(C)(C)C)NC(=O)OC(C)(C)C. The Balaban J connectivity index is 4.65. The summed E-state index contributed by atoms with van der Waals surface area (Å²) in [6, 6.07) is -0.0537. The molecule has 0 aliphatic carbocycles. The molecule has 0 spiro atoms. The van der Waals surface area contributed by atoms with Crippen molar-refractivity contribution in [2.45, 2.75) is 84.2 Å². The van der Waals surface area contributed by atoms with E-state index in [0.717, 1.165) is 12.8 Å². The molecule has 0 bridgehead atoms. The number of rotatable bonds is 7. The van der Waals surface area contributed by atoms with Crippen LogP contribution in [0.25, 0.3) is 0 Å². The zero-order valence-electron chi connectivity index (χ0n) is 15.7. The molecular weight excluding hydrogens is 294 g/mol. The van der Waals surface area contributed by atoms with Crippen LogP contribution < -0.4 is 5.32 Å². The number of amides is 1. The highest BCUT2D eigenvalue weighted by Crippen LogP contribution is 2.36. The molecule has 1 N–H and O–H groups in total. The summed E-state index contributed by atoms with van der Waals surface area (Å²) in [4.78, 5) is 12.0. The molecule has 0 aromatic rings. The first-order valence-corrected chi connectivity index (χ1v) is 10.9. The van der Waals surface area contributed by atoms with Crippen molar-refractivity contribution in [2.24, 2.45) is 0 Å². The van der Waals surface area contributed by atoms with Gasteiger partial charge in [-0.2, -0.15) is 0 Å². The first kappa shape index (κ1) is 21.2. The molecule has 5 heteroatoms. The van der Waals surface area contributed by atoms with E-state index in [2.05, 4.69) is 45.8 Å². The van der Waals surface area contributed by atoms with Crippen molar-refractivity contribution in [3.63, 3.8) is 0 Å². The van der Waals surface area contributed by atoms with Crippen LogP contribution in [0.1, 0.15) is 54.4 Å². The van der Waals surface area contributed by atoms with Crippen LogP contribution in [0.5, 0.6) is 0 Å². The molecule has 0 aromatic carbocycles. The Kier molecular flexibility index (Phi) is 7.85. The van der Waals surface area contributed by atoms with E-state index in [4.69, 9.17) is 9.16 Å². The van der Waals surface area contributed by atoms with Crippen LogP contribution in [0.4, 0.5) is 4.79 Å². The summed E-state index contributed by atoms with van der Waals surface area (Å²) in [6.07, 6.45) is 3.11. The van der Waals surface area contributed by atoms with Gasteiger partial charge < -0.3 is 14.5 Å². The average Bonchev–Trinajstić information content (AvgIpc) is 2.28. The number of nitrogens with one attached hydrogen (secondary N) is 1. The zero-order chi connectivity index (χ0) is 17.6. The van der Waals surface area contributed by atoms with E-state index in [9.17, 15) is 4.79 Å². The van der Waals surface area contributed by atoms with Gasteiger partial charge in [0.15, 0.2) is 8.32 Å². The lowest BCUT2D eigenvalue weighted by atomic mass is 10.1. The third-order valence-electron chi connectivity index (χ3n) is 3.89. The van der Waals surface area contributed by atoms with Crippen molar-refractivity contribution in [1.82, 2.24) is 5.32 Å². The average molecular weight is 330 g/mol. The van der Waals surface area contributed by atoms with Crippen molar-refractivity contribution in [3.8, 4) is 0 Å². The molecule has 0 rings (SSSR count). The highest BCUT2D eigenvalue weighted by molar-refractivity contribution is 6.74.